The molecule has 1 aromatic carbocycles. The number of hydrogen-bond acceptors (Lipinski definition) is 4. The summed E-state index contributed by atoms with van der Waals surface area (Å²) in [6.07, 6.45) is 3.24. The van der Waals surface area contributed by atoms with E-state index in [1.807, 2.05) is 47.0 Å². The fourth-order valence-corrected chi connectivity index (χ4v) is 2.71. The molecule has 3 aromatic rings. The summed E-state index contributed by atoms with van der Waals surface area (Å²) < 4.78 is 1.92. The second-order valence-corrected chi connectivity index (χ2v) is 5.29. The highest BCUT2D eigenvalue weighted by Crippen LogP contribution is 2.21. The molecule has 0 fully saturated rings. The maximum Gasteiger partial charge on any atom is 0.247 e. The highest BCUT2D eigenvalue weighted by molar-refractivity contribution is 5.67. The van der Waals surface area contributed by atoms with Gasteiger partial charge in [-0.2, -0.15) is 4.98 Å². The van der Waals surface area contributed by atoms with Crippen LogP contribution in [-0.2, 0) is 0 Å². The average molecular weight is 291 g/mol. The minimum atomic E-state index is 0.619. The summed E-state index contributed by atoms with van der Waals surface area (Å²) in [6.45, 7) is 1.92. The van der Waals surface area contributed by atoms with Crippen LogP contribution in [-0.4, -0.2) is 27.7 Å². The standard InChI is InChI=1S/C17H17N5/c1-2-5-14(6-3-1)19-17-20-16-8-4-7-15(22(16)21-17)13-9-11-18-12-10-13/h1-9,18H,10-12H2,(H,19,21). The van der Waals surface area contributed by atoms with E-state index in [1.54, 1.807) is 0 Å². The monoisotopic (exact) mass is 291 g/mol. The summed E-state index contributed by atoms with van der Waals surface area (Å²) in [5.41, 5.74) is 4.28. The molecule has 5 heteroatoms. The van der Waals surface area contributed by atoms with Crippen molar-refractivity contribution in [2.24, 2.45) is 0 Å². The van der Waals surface area contributed by atoms with E-state index >= 15 is 0 Å². The molecule has 0 amide bonds. The number of aromatic nitrogens is 3. The number of nitrogens with zero attached hydrogens (tertiary/aromatic N) is 3. The molecular formula is C17H17N5. The number of pyridine rings is 1. The first-order chi connectivity index (χ1) is 10.9. The van der Waals surface area contributed by atoms with E-state index < -0.39 is 0 Å². The molecule has 0 aliphatic carbocycles. The molecule has 0 radical (unpaired) electrons. The first-order valence-corrected chi connectivity index (χ1v) is 7.48. The van der Waals surface area contributed by atoms with Crippen LogP contribution in [0.1, 0.15) is 12.1 Å². The molecule has 0 bridgehead atoms. The van der Waals surface area contributed by atoms with Crippen molar-refractivity contribution >= 4 is 22.9 Å². The number of anilines is 2. The Hall–Kier alpha value is -2.66. The fraction of sp³-hybridized carbons (Fsp3) is 0.176. The van der Waals surface area contributed by atoms with Gasteiger partial charge in [-0.15, -0.1) is 5.10 Å². The Labute approximate surface area is 128 Å². The molecule has 0 spiro atoms. The summed E-state index contributed by atoms with van der Waals surface area (Å²) in [7, 11) is 0. The highest BCUT2D eigenvalue weighted by Gasteiger charge is 2.12. The first-order valence-electron chi connectivity index (χ1n) is 7.48. The quantitative estimate of drug-likeness (QED) is 0.779. The van der Waals surface area contributed by atoms with Crippen LogP contribution in [0.4, 0.5) is 11.6 Å². The number of fused-ring (bicyclic) bond motifs is 1. The maximum atomic E-state index is 4.62. The molecule has 110 valence electrons. The number of nitrogens with one attached hydrogen (secondary N) is 2. The predicted molar refractivity (Wildman–Crippen MR) is 88.2 cm³/mol. The van der Waals surface area contributed by atoms with Crippen LogP contribution < -0.4 is 10.6 Å². The van der Waals surface area contributed by atoms with Crippen LogP contribution in [0.25, 0.3) is 11.2 Å². The first kappa shape index (κ1) is 13.0. The van der Waals surface area contributed by atoms with Crippen LogP contribution in [0, 0.1) is 0 Å². The van der Waals surface area contributed by atoms with Gasteiger partial charge in [0.05, 0.1) is 5.69 Å². The number of hydrogen-bond donors (Lipinski definition) is 2. The molecule has 3 heterocycles. The van der Waals surface area contributed by atoms with Crippen molar-refractivity contribution in [3.63, 3.8) is 0 Å². The third-order valence-electron chi connectivity index (χ3n) is 3.78. The summed E-state index contributed by atoms with van der Waals surface area (Å²) >= 11 is 0. The van der Waals surface area contributed by atoms with Gasteiger partial charge in [-0.1, -0.05) is 30.3 Å². The van der Waals surface area contributed by atoms with E-state index in [4.69, 9.17) is 0 Å². The third kappa shape index (κ3) is 2.46. The smallest absolute Gasteiger partial charge is 0.247 e. The van der Waals surface area contributed by atoms with E-state index in [-0.39, 0.29) is 0 Å². The van der Waals surface area contributed by atoms with Gasteiger partial charge in [0.2, 0.25) is 5.95 Å². The molecule has 4 rings (SSSR count). The van der Waals surface area contributed by atoms with Crippen molar-refractivity contribution in [2.45, 2.75) is 6.42 Å². The van der Waals surface area contributed by atoms with E-state index in [9.17, 15) is 0 Å². The summed E-state index contributed by atoms with van der Waals surface area (Å²) in [5, 5.41) is 11.2. The molecule has 0 saturated heterocycles. The molecule has 1 aliphatic rings. The average Bonchev–Trinajstić information content (AvgIpc) is 2.99. The predicted octanol–water partition coefficient (Wildman–Crippen LogP) is 2.85. The fourth-order valence-electron chi connectivity index (χ4n) is 2.71. The van der Waals surface area contributed by atoms with Gasteiger partial charge in [0.15, 0.2) is 5.65 Å². The van der Waals surface area contributed by atoms with E-state index in [2.05, 4.69) is 32.9 Å². The van der Waals surface area contributed by atoms with Gasteiger partial charge >= 0.3 is 0 Å². The lowest BCUT2D eigenvalue weighted by Gasteiger charge is -2.14. The lowest BCUT2D eigenvalue weighted by Crippen LogP contribution is -2.20. The summed E-state index contributed by atoms with van der Waals surface area (Å²) in [4.78, 5) is 4.56. The Kier molecular flexibility index (Phi) is 3.33. The minimum Gasteiger partial charge on any atom is -0.323 e. The van der Waals surface area contributed by atoms with Crippen LogP contribution >= 0.6 is 0 Å². The van der Waals surface area contributed by atoms with Crippen LogP contribution in [0.2, 0.25) is 0 Å². The van der Waals surface area contributed by atoms with Crippen LogP contribution in [0.3, 0.4) is 0 Å². The molecule has 0 saturated carbocycles. The lowest BCUT2D eigenvalue weighted by atomic mass is 10.1. The Morgan fingerprint density at radius 2 is 1.95 bits per heavy atom. The van der Waals surface area contributed by atoms with E-state index in [0.717, 1.165) is 36.5 Å². The normalized spacial score (nSPS) is 14.8. The van der Waals surface area contributed by atoms with Crippen molar-refractivity contribution in [3.8, 4) is 0 Å². The van der Waals surface area contributed by atoms with E-state index in [1.165, 1.54) is 5.57 Å². The number of benzene rings is 1. The van der Waals surface area contributed by atoms with Gasteiger partial charge in [-0.3, -0.25) is 0 Å². The third-order valence-corrected chi connectivity index (χ3v) is 3.78. The van der Waals surface area contributed by atoms with Crippen molar-refractivity contribution in [3.05, 3.63) is 60.3 Å². The Bertz CT molecular complexity index is 819. The molecule has 0 unspecified atom stereocenters. The maximum absolute atomic E-state index is 4.62. The Morgan fingerprint density at radius 1 is 1.05 bits per heavy atom. The summed E-state index contributed by atoms with van der Waals surface area (Å²) in [6, 6.07) is 16.1. The van der Waals surface area contributed by atoms with Gasteiger partial charge in [-0.25, -0.2) is 4.52 Å². The summed E-state index contributed by atoms with van der Waals surface area (Å²) in [5.74, 6) is 0.619. The zero-order valence-corrected chi connectivity index (χ0v) is 12.2. The van der Waals surface area contributed by atoms with Crippen molar-refractivity contribution in [1.82, 2.24) is 19.9 Å². The van der Waals surface area contributed by atoms with Crippen molar-refractivity contribution in [1.29, 1.82) is 0 Å². The molecule has 0 atom stereocenters. The van der Waals surface area contributed by atoms with Gasteiger partial charge in [0, 0.05) is 12.2 Å². The SMILES string of the molecule is C1=C(c2cccc3nc(Nc4ccccc4)nn23)CCNC1. The Morgan fingerprint density at radius 3 is 2.77 bits per heavy atom. The second kappa shape index (κ2) is 5.61. The largest absolute Gasteiger partial charge is 0.323 e. The molecule has 2 aromatic heterocycles. The highest BCUT2D eigenvalue weighted by atomic mass is 15.4. The van der Waals surface area contributed by atoms with Gasteiger partial charge < -0.3 is 10.6 Å². The second-order valence-electron chi connectivity index (χ2n) is 5.29. The zero-order chi connectivity index (χ0) is 14.8. The molecular weight excluding hydrogens is 274 g/mol. The van der Waals surface area contributed by atoms with E-state index in [0.29, 0.717) is 5.95 Å². The molecule has 5 nitrogen and oxygen atoms in total. The Balaban J connectivity index is 1.73. The van der Waals surface area contributed by atoms with Crippen LogP contribution in [0.5, 0.6) is 0 Å². The van der Waals surface area contributed by atoms with Crippen molar-refractivity contribution in [2.75, 3.05) is 18.4 Å². The molecule has 2 N–H and O–H groups in total. The van der Waals surface area contributed by atoms with Gasteiger partial charge in [0.25, 0.3) is 0 Å². The minimum absolute atomic E-state index is 0.619. The van der Waals surface area contributed by atoms with Gasteiger partial charge in [-0.05, 0) is 42.8 Å². The van der Waals surface area contributed by atoms with Gasteiger partial charge in [0.1, 0.15) is 0 Å². The topological polar surface area (TPSA) is 54.2 Å². The molecule has 1 aliphatic heterocycles. The zero-order valence-electron chi connectivity index (χ0n) is 12.2. The number of rotatable bonds is 3. The lowest BCUT2D eigenvalue weighted by molar-refractivity contribution is 0.733. The molecule has 22 heavy (non-hydrogen) atoms. The number of para-hydroxylation sites is 1. The van der Waals surface area contributed by atoms with Crippen LogP contribution in [0.15, 0.2) is 54.6 Å². The van der Waals surface area contributed by atoms with Crippen molar-refractivity contribution < 1.29 is 0 Å².